The van der Waals surface area contributed by atoms with Gasteiger partial charge in [-0.05, 0) is 67.3 Å². The summed E-state index contributed by atoms with van der Waals surface area (Å²) in [5, 5.41) is 16.1. The van der Waals surface area contributed by atoms with E-state index in [-0.39, 0.29) is 23.4 Å². The quantitative estimate of drug-likeness (QED) is 0.344. The Bertz CT molecular complexity index is 1190. The van der Waals surface area contributed by atoms with Gasteiger partial charge in [-0.15, -0.1) is 11.8 Å². The molecule has 0 aliphatic heterocycles. The van der Waals surface area contributed by atoms with Crippen LogP contribution in [-0.2, 0) is 19.6 Å². The predicted molar refractivity (Wildman–Crippen MR) is 150 cm³/mol. The van der Waals surface area contributed by atoms with E-state index in [4.69, 9.17) is 0 Å². The summed E-state index contributed by atoms with van der Waals surface area (Å²) in [5.41, 5.74) is 0. The van der Waals surface area contributed by atoms with Crippen LogP contribution in [-0.4, -0.2) is 55.4 Å². The third kappa shape index (κ3) is 8.80. The number of aliphatic hydroxyl groups excluding tert-OH is 1. The Labute approximate surface area is 225 Å². The summed E-state index contributed by atoms with van der Waals surface area (Å²) in [6, 6.07) is 12.4. The fourth-order valence-corrected chi connectivity index (χ4v) is 7.09. The highest BCUT2D eigenvalue weighted by atomic mass is 32.2. The van der Waals surface area contributed by atoms with Crippen molar-refractivity contribution in [2.24, 2.45) is 17.8 Å². The molecule has 0 aromatic heterocycles. The van der Waals surface area contributed by atoms with E-state index in [0.29, 0.717) is 18.8 Å². The number of rotatable bonds is 12. The van der Waals surface area contributed by atoms with Crippen molar-refractivity contribution >= 4 is 44.2 Å². The highest BCUT2D eigenvalue weighted by Gasteiger charge is 2.35. The second-order valence-electron chi connectivity index (χ2n) is 10.5. The number of sulfonamides is 1. The molecule has 204 valence electrons. The standard InChI is InChI=1S/C28H40N2O5S2/c1-5-25(27(32)16-22-11-10-18(2)14-24(22)19(3)31)29-28(33)26(30-37(4,34)35)17-36-23-13-12-20-8-6-7-9-21(20)15-23/h6-9,12-13,15,18,22,24-27,30,32H,5,10-11,14,16-17H2,1-4H3,(H,29,33). The smallest absolute Gasteiger partial charge is 0.239 e. The molecular weight excluding hydrogens is 508 g/mol. The fourth-order valence-electron chi connectivity index (χ4n) is 5.31. The summed E-state index contributed by atoms with van der Waals surface area (Å²) in [7, 11) is -3.64. The second-order valence-corrected chi connectivity index (χ2v) is 13.4. The molecule has 6 unspecified atom stereocenters. The number of benzene rings is 2. The Kier molecular flexibility index (Phi) is 10.6. The Morgan fingerprint density at radius 3 is 2.49 bits per heavy atom. The van der Waals surface area contributed by atoms with E-state index < -0.39 is 34.1 Å². The minimum Gasteiger partial charge on any atom is -0.391 e. The zero-order valence-electron chi connectivity index (χ0n) is 22.1. The molecule has 3 rings (SSSR count). The maximum Gasteiger partial charge on any atom is 0.239 e. The Hall–Kier alpha value is -1.94. The maximum atomic E-state index is 13.2. The molecule has 7 nitrogen and oxygen atoms in total. The average molecular weight is 549 g/mol. The molecule has 1 aliphatic carbocycles. The van der Waals surface area contributed by atoms with E-state index in [1.807, 2.05) is 49.4 Å². The van der Waals surface area contributed by atoms with Gasteiger partial charge >= 0.3 is 0 Å². The van der Waals surface area contributed by atoms with Crippen molar-refractivity contribution in [3.05, 3.63) is 42.5 Å². The van der Waals surface area contributed by atoms with Crippen LogP contribution in [0, 0.1) is 17.8 Å². The van der Waals surface area contributed by atoms with E-state index in [1.165, 1.54) is 11.8 Å². The molecule has 1 amide bonds. The van der Waals surface area contributed by atoms with E-state index in [9.17, 15) is 23.1 Å². The molecule has 9 heteroatoms. The van der Waals surface area contributed by atoms with Gasteiger partial charge in [-0.3, -0.25) is 9.59 Å². The molecule has 0 saturated heterocycles. The third-order valence-electron chi connectivity index (χ3n) is 7.36. The van der Waals surface area contributed by atoms with Crippen LogP contribution in [0.3, 0.4) is 0 Å². The normalized spacial score (nSPS) is 22.8. The van der Waals surface area contributed by atoms with Crippen LogP contribution in [0.15, 0.2) is 47.4 Å². The number of thioether (sulfide) groups is 1. The van der Waals surface area contributed by atoms with Crippen molar-refractivity contribution < 1.29 is 23.1 Å². The van der Waals surface area contributed by atoms with Gasteiger partial charge in [0.2, 0.25) is 15.9 Å². The van der Waals surface area contributed by atoms with Crippen molar-refractivity contribution in [2.45, 2.75) is 76.0 Å². The van der Waals surface area contributed by atoms with Gasteiger partial charge in [0.05, 0.1) is 18.4 Å². The van der Waals surface area contributed by atoms with Gasteiger partial charge in [-0.25, -0.2) is 13.1 Å². The van der Waals surface area contributed by atoms with Gasteiger partial charge in [-0.1, -0.05) is 50.6 Å². The van der Waals surface area contributed by atoms with Crippen LogP contribution in [0.5, 0.6) is 0 Å². The number of ketones is 1. The van der Waals surface area contributed by atoms with Crippen molar-refractivity contribution in [1.82, 2.24) is 10.0 Å². The van der Waals surface area contributed by atoms with Crippen molar-refractivity contribution in [3.8, 4) is 0 Å². The summed E-state index contributed by atoms with van der Waals surface area (Å²) in [6.07, 6.45) is 3.88. The van der Waals surface area contributed by atoms with Crippen molar-refractivity contribution in [2.75, 3.05) is 12.0 Å². The number of amides is 1. The number of aliphatic hydroxyl groups is 1. The molecule has 6 atom stereocenters. The number of carbonyl (C=O) groups excluding carboxylic acids is 2. The van der Waals surface area contributed by atoms with Gasteiger partial charge < -0.3 is 10.4 Å². The number of hydrogen-bond donors (Lipinski definition) is 3. The van der Waals surface area contributed by atoms with Crippen LogP contribution < -0.4 is 10.0 Å². The first-order valence-corrected chi connectivity index (χ1v) is 15.9. The van der Waals surface area contributed by atoms with Gasteiger partial charge in [-0.2, -0.15) is 0 Å². The van der Waals surface area contributed by atoms with Crippen LogP contribution in [0.4, 0.5) is 0 Å². The summed E-state index contributed by atoms with van der Waals surface area (Å²) < 4.78 is 26.5. The van der Waals surface area contributed by atoms with Gasteiger partial charge in [0.1, 0.15) is 11.8 Å². The highest BCUT2D eigenvalue weighted by molar-refractivity contribution is 7.99. The maximum absolute atomic E-state index is 13.2. The van der Waals surface area contributed by atoms with Crippen molar-refractivity contribution in [3.63, 3.8) is 0 Å². The number of fused-ring (bicyclic) bond motifs is 1. The first-order chi connectivity index (χ1) is 17.5. The van der Waals surface area contributed by atoms with E-state index in [1.54, 1.807) is 6.92 Å². The highest BCUT2D eigenvalue weighted by Crippen LogP contribution is 2.37. The SMILES string of the molecule is CCC(NC(=O)C(CSc1ccc2ccccc2c1)NS(C)(=O)=O)C(O)CC1CCC(C)CC1C(C)=O. The predicted octanol–water partition coefficient (Wildman–Crippen LogP) is 4.14. The first-order valence-electron chi connectivity index (χ1n) is 13.0. The summed E-state index contributed by atoms with van der Waals surface area (Å²) in [6.45, 7) is 5.65. The zero-order chi connectivity index (χ0) is 27.2. The third-order valence-corrected chi connectivity index (χ3v) is 9.16. The number of carbonyl (C=O) groups is 2. The Morgan fingerprint density at radius 1 is 1.14 bits per heavy atom. The largest absolute Gasteiger partial charge is 0.391 e. The number of hydrogen-bond acceptors (Lipinski definition) is 6. The molecule has 2 aromatic carbocycles. The monoisotopic (exact) mass is 548 g/mol. The summed E-state index contributed by atoms with van der Waals surface area (Å²) >= 11 is 1.40. The Balaban J connectivity index is 1.66. The fraction of sp³-hybridized carbons (Fsp3) is 0.571. The van der Waals surface area contributed by atoms with Crippen molar-refractivity contribution in [1.29, 1.82) is 0 Å². The molecule has 37 heavy (non-hydrogen) atoms. The van der Waals surface area contributed by atoms with Gasteiger partial charge in [0.15, 0.2) is 0 Å². The van der Waals surface area contributed by atoms with E-state index >= 15 is 0 Å². The molecule has 0 radical (unpaired) electrons. The lowest BCUT2D eigenvalue weighted by Gasteiger charge is -2.36. The van der Waals surface area contributed by atoms with Gasteiger partial charge in [0.25, 0.3) is 0 Å². The first kappa shape index (κ1) is 29.6. The van der Waals surface area contributed by atoms with E-state index in [2.05, 4.69) is 17.0 Å². The molecule has 1 fully saturated rings. The number of Topliss-reactive ketones (excluding diaryl/α,β-unsaturated/α-hetero) is 1. The molecule has 3 N–H and O–H groups in total. The molecule has 0 spiro atoms. The Morgan fingerprint density at radius 2 is 1.84 bits per heavy atom. The molecule has 1 saturated carbocycles. The minimum atomic E-state index is -3.64. The molecule has 0 heterocycles. The lowest BCUT2D eigenvalue weighted by molar-refractivity contribution is -0.126. The lowest BCUT2D eigenvalue weighted by Crippen LogP contribution is -2.53. The topological polar surface area (TPSA) is 113 Å². The van der Waals surface area contributed by atoms with E-state index in [0.717, 1.165) is 41.2 Å². The van der Waals surface area contributed by atoms with Crippen LogP contribution in [0.2, 0.25) is 0 Å². The number of nitrogens with one attached hydrogen (secondary N) is 2. The van der Waals surface area contributed by atoms with Crippen LogP contribution >= 0.6 is 11.8 Å². The molecular formula is C28H40N2O5S2. The van der Waals surface area contributed by atoms with Crippen LogP contribution in [0.25, 0.3) is 10.8 Å². The molecule has 2 aromatic rings. The minimum absolute atomic E-state index is 0.0652. The summed E-state index contributed by atoms with van der Waals surface area (Å²) in [5.74, 6) is 0.407. The second kappa shape index (κ2) is 13.2. The molecule has 0 bridgehead atoms. The van der Waals surface area contributed by atoms with Crippen LogP contribution in [0.1, 0.15) is 52.9 Å². The summed E-state index contributed by atoms with van der Waals surface area (Å²) in [4.78, 5) is 26.4. The zero-order valence-corrected chi connectivity index (χ0v) is 23.8. The van der Waals surface area contributed by atoms with Gasteiger partial charge in [0, 0.05) is 16.6 Å². The lowest BCUT2D eigenvalue weighted by atomic mass is 9.70. The molecule has 1 aliphatic rings. The average Bonchev–Trinajstić information content (AvgIpc) is 2.84.